The molecule has 1 aromatic rings. The van der Waals surface area contributed by atoms with Crippen molar-refractivity contribution in [3.63, 3.8) is 0 Å². The molecule has 166 valence electrons. The molecule has 0 saturated carbocycles. The van der Waals surface area contributed by atoms with Crippen LogP contribution in [0.4, 0.5) is 17.3 Å². The highest BCUT2D eigenvalue weighted by Crippen LogP contribution is 2.32. The van der Waals surface area contributed by atoms with E-state index < -0.39 is 0 Å². The summed E-state index contributed by atoms with van der Waals surface area (Å²) in [5.74, 6) is 7.22. The first-order valence-corrected chi connectivity index (χ1v) is 10.6. The second-order valence-corrected chi connectivity index (χ2v) is 6.06. The molecular weight excluding hydrogens is 376 g/mol. The Kier molecular flexibility index (Phi) is 16.5. The van der Waals surface area contributed by atoms with Gasteiger partial charge in [0.15, 0.2) is 11.6 Å². The lowest BCUT2D eigenvalue weighted by Crippen LogP contribution is -2.44. The third kappa shape index (κ3) is 9.57. The minimum Gasteiger partial charge on any atom is -0.368 e. The van der Waals surface area contributed by atoms with Crippen LogP contribution in [-0.4, -0.2) is 55.6 Å². The Bertz CT molecular complexity index is 674. The number of anilines is 3. The maximum absolute atomic E-state index is 11.7. The highest BCUT2D eigenvalue weighted by atomic mass is 16.1. The zero-order valence-corrected chi connectivity index (χ0v) is 19.1. The van der Waals surface area contributed by atoms with Crippen LogP contribution in [0.5, 0.6) is 0 Å². The maximum atomic E-state index is 11.7. The summed E-state index contributed by atoms with van der Waals surface area (Å²) in [5, 5.41) is 6.66. The summed E-state index contributed by atoms with van der Waals surface area (Å²) in [6, 6.07) is 0. The van der Waals surface area contributed by atoms with Crippen LogP contribution in [0.1, 0.15) is 40.5 Å². The molecule has 2 heterocycles. The summed E-state index contributed by atoms with van der Waals surface area (Å²) in [6.07, 6.45) is 7.86. The number of unbranched alkanes of at least 4 members (excludes halogenated alkanes) is 1. The lowest BCUT2D eigenvalue weighted by Gasteiger charge is -2.32. The molecule has 1 aliphatic rings. The quantitative estimate of drug-likeness (QED) is 0.279. The highest BCUT2D eigenvalue weighted by Gasteiger charge is 2.23. The van der Waals surface area contributed by atoms with Crippen LogP contribution in [0, 0.1) is 11.8 Å². The number of amides is 1. The molecular formula is C23H38N6O. The molecule has 0 aliphatic carbocycles. The number of hydrogen-bond acceptors (Lipinski definition) is 6. The minimum atomic E-state index is 0.313. The predicted octanol–water partition coefficient (Wildman–Crippen LogP) is 3.47. The van der Waals surface area contributed by atoms with E-state index in [4.69, 9.17) is 0 Å². The summed E-state index contributed by atoms with van der Waals surface area (Å²) >= 11 is 0. The van der Waals surface area contributed by atoms with Gasteiger partial charge in [-0.05, 0) is 26.7 Å². The Morgan fingerprint density at radius 3 is 2.53 bits per heavy atom. The van der Waals surface area contributed by atoms with E-state index >= 15 is 0 Å². The van der Waals surface area contributed by atoms with Gasteiger partial charge < -0.3 is 15.5 Å². The van der Waals surface area contributed by atoms with E-state index in [1.54, 1.807) is 24.2 Å². The normalized spacial score (nSPS) is 11.9. The van der Waals surface area contributed by atoms with Gasteiger partial charge in [-0.15, -0.1) is 19.1 Å². The van der Waals surface area contributed by atoms with Crippen molar-refractivity contribution in [1.29, 1.82) is 0 Å². The van der Waals surface area contributed by atoms with Gasteiger partial charge >= 0.3 is 0 Å². The first-order chi connectivity index (χ1) is 14.7. The van der Waals surface area contributed by atoms with Gasteiger partial charge in [0.25, 0.3) is 0 Å². The second-order valence-electron chi connectivity index (χ2n) is 6.06. The van der Waals surface area contributed by atoms with Crippen LogP contribution in [0.3, 0.4) is 0 Å². The Balaban J connectivity index is 0.00000154. The summed E-state index contributed by atoms with van der Waals surface area (Å²) in [4.78, 5) is 24.3. The van der Waals surface area contributed by atoms with E-state index in [9.17, 15) is 4.79 Å². The topological polar surface area (TPSA) is 73.4 Å². The lowest BCUT2D eigenvalue weighted by atomic mass is 10.2. The molecule has 7 heteroatoms. The lowest BCUT2D eigenvalue weighted by molar-refractivity contribution is -0.107. The number of allylic oxidation sites excluding steroid dienone is 2. The van der Waals surface area contributed by atoms with Gasteiger partial charge in [-0.25, -0.2) is 9.97 Å². The van der Waals surface area contributed by atoms with Crippen molar-refractivity contribution >= 4 is 23.7 Å². The van der Waals surface area contributed by atoms with Crippen molar-refractivity contribution in [2.75, 3.05) is 54.4 Å². The van der Waals surface area contributed by atoms with Crippen LogP contribution >= 0.6 is 0 Å². The largest absolute Gasteiger partial charge is 0.368 e. The molecule has 0 aromatic carbocycles. The summed E-state index contributed by atoms with van der Waals surface area (Å²) in [7, 11) is 0. The number of hydrogen-bond donors (Lipinski definition) is 2. The first-order valence-electron chi connectivity index (χ1n) is 10.6. The van der Waals surface area contributed by atoms with Crippen molar-refractivity contribution in [1.82, 2.24) is 15.3 Å². The van der Waals surface area contributed by atoms with Crippen molar-refractivity contribution in [2.45, 2.75) is 40.5 Å². The molecule has 1 amide bonds. The molecule has 1 saturated heterocycles. The van der Waals surface area contributed by atoms with Gasteiger partial charge in [-0.1, -0.05) is 31.9 Å². The van der Waals surface area contributed by atoms with Crippen LogP contribution in [-0.2, 0) is 4.79 Å². The van der Waals surface area contributed by atoms with Gasteiger partial charge in [0, 0.05) is 32.7 Å². The third-order valence-corrected chi connectivity index (χ3v) is 3.94. The van der Waals surface area contributed by atoms with Gasteiger partial charge in [0.1, 0.15) is 12.0 Å². The minimum absolute atomic E-state index is 0.313. The smallest absolute Gasteiger partial charge is 0.215 e. The number of carbonyl (C=O) groups is 1. The van der Waals surface area contributed by atoms with Gasteiger partial charge in [0.2, 0.25) is 6.41 Å². The van der Waals surface area contributed by atoms with Gasteiger partial charge in [0.05, 0.1) is 6.54 Å². The molecule has 2 rings (SSSR count). The first kappa shape index (κ1) is 27.1. The van der Waals surface area contributed by atoms with Crippen molar-refractivity contribution in [2.24, 2.45) is 0 Å². The fourth-order valence-electron chi connectivity index (χ4n) is 2.66. The second kappa shape index (κ2) is 18.2. The Labute approximate surface area is 182 Å². The molecule has 0 radical (unpaired) electrons. The summed E-state index contributed by atoms with van der Waals surface area (Å²) < 4.78 is 0. The number of carbonyl (C=O) groups excluding carboxylic acids is 1. The Morgan fingerprint density at radius 1 is 1.30 bits per heavy atom. The number of piperazine rings is 1. The number of nitrogens with one attached hydrogen (secondary N) is 2. The zero-order valence-electron chi connectivity index (χ0n) is 19.1. The fraction of sp³-hybridized carbons (Fsp3) is 0.522. The molecule has 30 heavy (non-hydrogen) atoms. The standard InChI is InChI=1S/C18H26N6O.C3H6.C2H6/c1-3-5-7-8-20-17-16(24(15-25)11-6-4-2)18(22-14-21-17)23-12-9-19-10-13-23;1-3-2;1-2/h3,14-15,19H,1,5,7-13H2,2H3,(H,20,21,22);3H,1H2,2H3;1-2H3. The molecule has 0 unspecified atom stereocenters. The third-order valence-electron chi connectivity index (χ3n) is 3.94. The van der Waals surface area contributed by atoms with Crippen molar-refractivity contribution in [3.8, 4) is 11.8 Å². The molecule has 0 bridgehead atoms. The van der Waals surface area contributed by atoms with E-state index in [1.165, 1.54) is 0 Å². The summed E-state index contributed by atoms with van der Waals surface area (Å²) in [6.45, 7) is 19.3. The molecule has 1 aromatic heterocycles. The van der Waals surface area contributed by atoms with Crippen LogP contribution in [0.15, 0.2) is 31.6 Å². The highest BCUT2D eigenvalue weighted by molar-refractivity contribution is 5.89. The molecule has 7 nitrogen and oxygen atoms in total. The van der Waals surface area contributed by atoms with E-state index in [-0.39, 0.29) is 0 Å². The average Bonchev–Trinajstić information content (AvgIpc) is 2.80. The molecule has 1 fully saturated rings. The number of aromatic nitrogens is 2. The van der Waals surface area contributed by atoms with E-state index in [1.807, 2.05) is 26.8 Å². The maximum Gasteiger partial charge on any atom is 0.215 e. The molecule has 0 atom stereocenters. The molecule has 2 N–H and O–H groups in total. The SMILES string of the molecule is C=CC.C=CCCCNc1ncnc(N2CCNCC2)c1N(C=O)CC#CC.CC. The van der Waals surface area contributed by atoms with Gasteiger partial charge in [-0.3, -0.25) is 9.69 Å². The number of nitrogens with zero attached hydrogens (tertiary/aromatic N) is 4. The van der Waals surface area contributed by atoms with E-state index in [2.05, 4.69) is 50.5 Å². The van der Waals surface area contributed by atoms with Crippen molar-refractivity contribution < 1.29 is 4.79 Å². The monoisotopic (exact) mass is 414 g/mol. The van der Waals surface area contributed by atoms with Crippen LogP contribution in [0.25, 0.3) is 0 Å². The molecule has 0 spiro atoms. The average molecular weight is 415 g/mol. The van der Waals surface area contributed by atoms with E-state index in [0.717, 1.165) is 57.8 Å². The van der Waals surface area contributed by atoms with Crippen LogP contribution in [0.2, 0.25) is 0 Å². The summed E-state index contributed by atoms with van der Waals surface area (Å²) in [5.41, 5.74) is 0.695. The molecule has 1 aliphatic heterocycles. The zero-order chi connectivity index (χ0) is 22.6. The predicted molar refractivity (Wildman–Crippen MR) is 129 cm³/mol. The number of rotatable bonds is 9. The van der Waals surface area contributed by atoms with Gasteiger partial charge in [-0.2, -0.15) is 0 Å². The van der Waals surface area contributed by atoms with Crippen molar-refractivity contribution in [3.05, 3.63) is 31.6 Å². The fourth-order valence-corrected chi connectivity index (χ4v) is 2.66. The Morgan fingerprint density at radius 2 is 1.97 bits per heavy atom. The van der Waals surface area contributed by atoms with E-state index in [0.29, 0.717) is 18.1 Å². The Hall–Kier alpha value is -2.85. The van der Waals surface area contributed by atoms with Crippen LogP contribution < -0.4 is 20.4 Å².